The van der Waals surface area contributed by atoms with E-state index in [0.29, 0.717) is 5.92 Å². The van der Waals surface area contributed by atoms with Gasteiger partial charge in [-0.1, -0.05) is 13.8 Å². The molecule has 13 heavy (non-hydrogen) atoms. The highest BCUT2D eigenvalue weighted by Crippen LogP contribution is 2.40. The zero-order valence-corrected chi connectivity index (χ0v) is 8.97. The minimum Gasteiger partial charge on any atom is -0.319 e. The van der Waals surface area contributed by atoms with E-state index in [1.807, 2.05) is 6.92 Å². The van der Waals surface area contributed by atoms with Crippen molar-refractivity contribution in [1.29, 1.82) is 0 Å². The van der Waals surface area contributed by atoms with Gasteiger partial charge in [-0.15, -0.1) is 0 Å². The lowest BCUT2D eigenvalue weighted by Crippen LogP contribution is -2.50. The number of hydrogen-bond acceptors (Lipinski definition) is 2. The van der Waals surface area contributed by atoms with Crippen LogP contribution in [0.5, 0.6) is 0 Å². The fourth-order valence-corrected chi connectivity index (χ4v) is 1.98. The maximum absolute atomic E-state index is 12.0. The molecule has 1 unspecified atom stereocenters. The standard InChI is InChI=1S/C11H21NO/c1-4-8(5-2)10(13)11(3,12)9-6-7-9/h8-9H,4-7,12H2,1-3H3. The Hall–Kier alpha value is -0.370. The zero-order valence-electron chi connectivity index (χ0n) is 8.97. The summed E-state index contributed by atoms with van der Waals surface area (Å²) in [5, 5.41) is 0. The molecule has 1 fully saturated rings. The van der Waals surface area contributed by atoms with Gasteiger partial charge in [-0.25, -0.2) is 0 Å². The minimum absolute atomic E-state index is 0.176. The summed E-state index contributed by atoms with van der Waals surface area (Å²) in [6.45, 7) is 6.04. The first-order valence-electron chi connectivity index (χ1n) is 5.37. The Morgan fingerprint density at radius 1 is 1.46 bits per heavy atom. The van der Waals surface area contributed by atoms with Gasteiger partial charge in [0.05, 0.1) is 5.54 Å². The summed E-state index contributed by atoms with van der Waals surface area (Å²) in [6.07, 6.45) is 4.13. The molecule has 1 aliphatic carbocycles. The molecule has 0 saturated heterocycles. The van der Waals surface area contributed by atoms with E-state index in [-0.39, 0.29) is 11.7 Å². The van der Waals surface area contributed by atoms with Crippen LogP contribution in [0, 0.1) is 11.8 Å². The first-order chi connectivity index (χ1) is 6.04. The lowest BCUT2D eigenvalue weighted by Gasteiger charge is -2.27. The molecule has 76 valence electrons. The van der Waals surface area contributed by atoms with E-state index < -0.39 is 5.54 Å². The van der Waals surface area contributed by atoms with Gasteiger partial charge in [-0.2, -0.15) is 0 Å². The second-order valence-electron chi connectivity index (χ2n) is 4.43. The van der Waals surface area contributed by atoms with Gasteiger partial charge in [0.1, 0.15) is 0 Å². The van der Waals surface area contributed by atoms with Crippen LogP contribution < -0.4 is 5.73 Å². The molecule has 0 heterocycles. The van der Waals surface area contributed by atoms with Crippen LogP contribution in [0.1, 0.15) is 46.5 Å². The molecule has 0 aromatic rings. The van der Waals surface area contributed by atoms with Gasteiger partial charge >= 0.3 is 0 Å². The highest BCUT2D eigenvalue weighted by atomic mass is 16.1. The first-order valence-corrected chi connectivity index (χ1v) is 5.37. The van der Waals surface area contributed by atoms with Gasteiger partial charge in [0.2, 0.25) is 0 Å². The van der Waals surface area contributed by atoms with E-state index in [4.69, 9.17) is 5.73 Å². The Morgan fingerprint density at radius 2 is 1.92 bits per heavy atom. The van der Waals surface area contributed by atoms with Crippen LogP contribution in [0.3, 0.4) is 0 Å². The smallest absolute Gasteiger partial charge is 0.155 e. The molecule has 2 N–H and O–H groups in total. The van der Waals surface area contributed by atoms with Crippen molar-refractivity contribution >= 4 is 5.78 Å². The summed E-state index contributed by atoms with van der Waals surface area (Å²) in [5.41, 5.74) is 5.52. The van der Waals surface area contributed by atoms with Crippen LogP contribution >= 0.6 is 0 Å². The molecule has 2 nitrogen and oxygen atoms in total. The Kier molecular flexibility index (Phi) is 3.12. The average Bonchev–Trinajstić information content (AvgIpc) is 2.88. The van der Waals surface area contributed by atoms with Gasteiger partial charge in [0.15, 0.2) is 5.78 Å². The van der Waals surface area contributed by atoms with E-state index in [2.05, 4.69) is 13.8 Å². The van der Waals surface area contributed by atoms with Crippen LogP contribution in [0.25, 0.3) is 0 Å². The second-order valence-corrected chi connectivity index (χ2v) is 4.43. The van der Waals surface area contributed by atoms with Gasteiger partial charge in [0.25, 0.3) is 0 Å². The van der Waals surface area contributed by atoms with Crippen molar-refractivity contribution < 1.29 is 4.79 Å². The average molecular weight is 183 g/mol. The molecule has 0 bridgehead atoms. The number of ketones is 1. The molecule has 0 aromatic carbocycles. The normalized spacial score (nSPS) is 21.6. The molecule has 0 aromatic heterocycles. The molecule has 1 atom stereocenters. The molecular weight excluding hydrogens is 162 g/mol. The van der Waals surface area contributed by atoms with Crippen LogP contribution in [0.2, 0.25) is 0 Å². The Morgan fingerprint density at radius 3 is 2.23 bits per heavy atom. The molecule has 0 aliphatic heterocycles. The summed E-state index contributed by atoms with van der Waals surface area (Å²) in [5.74, 6) is 0.913. The fourth-order valence-electron chi connectivity index (χ4n) is 1.98. The van der Waals surface area contributed by atoms with Crippen molar-refractivity contribution in [2.45, 2.75) is 52.0 Å². The van der Waals surface area contributed by atoms with Crippen molar-refractivity contribution in [3.8, 4) is 0 Å². The summed E-state index contributed by atoms with van der Waals surface area (Å²) in [4.78, 5) is 12.0. The zero-order chi connectivity index (χ0) is 10.1. The van der Waals surface area contributed by atoms with Crippen LogP contribution in [0.15, 0.2) is 0 Å². The Bertz CT molecular complexity index is 190. The van der Waals surface area contributed by atoms with Crippen molar-refractivity contribution in [3.05, 3.63) is 0 Å². The lowest BCUT2D eigenvalue weighted by atomic mass is 9.82. The predicted octanol–water partition coefficient (Wildman–Crippen LogP) is 2.12. The topological polar surface area (TPSA) is 43.1 Å². The third-order valence-electron chi connectivity index (χ3n) is 3.31. The van der Waals surface area contributed by atoms with Crippen molar-refractivity contribution in [3.63, 3.8) is 0 Å². The molecule has 0 radical (unpaired) electrons. The van der Waals surface area contributed by atoms with Crippen LogP contribution in [-0.2, 0) is 4.79 Å². The number of nitrogens with two attached hydrogens (primary N) is 1. The third kappa shape index (κ3) is 2.11. The van der Waals surface area contributed by atoms with Gasteiger partial charge in [0, 0.05) is 5.92 Å². The lowest BCUT2D eigenvalue weighted by molar-refractivity contribution is -0.128. The number of hydrogen-bond donors (Lipinski definition) is 1. The number of rotatable bonds is 5. The van der Waals surface area contributed by atoms with Crippen molar-refractivity contribution in [1.82, 2.24) is 0 Å². The molecule has 1 saturated carbocycles. The number of carbonyl (C=O) groups is 1. The van der Waals surface area contributed by atoms with Crippen molar-refractivity contribution in [2.75, 3.05) is 0 Å². The monoisotopic (exact) mass is 183 g/mol. The maximum atomic E-state index is 12.0. The van der Waals surface area contributed by atoms with Crippen molar-refractivity contribution in [2.24, 2.45) is 17.6 Å². The van der Waals surface area contributed by atoms with E-state index >= 15 is 0 Å². The fraction of sp³-hybridized carbons (Fsp3) is 0.909. The summed E-state index contributed by atoms with van der Waals surface area (Å²) in [7, 11) is 0. The third-order valence-corrected chi connectivity index (χ3v) is 3.31. The molecule has 1 aliphatic rings. The highest BCUT2D eigenvalue weighted by Gasteiger charge is 2.45. The molecule has 0 spiro atoms. The molecule has 2 heteroatoms. The quantitative estimate of drug-likeness (QED) is 0.709. The summed E-state index contributed by atoms with van der Waals surface area (Å²) < 4.78 is 0. The Labute approximate surface area is 80.9 Å². The van der Waals surface area contributed by atoms with E-state index in [0.717, 1.165) is 25.7 Å². The Balaban J connectivity index is 2.63. The summed E-state index contributed by atoms with van der Waals surface area (Å²) >= 11 is 0. The number of Topliss-reactive ketones (excluding diaryl/α,β-unsaturated/α-hetero) is 1. The van der Waals surface area contributed by atoms with Gasteiger partial charge in [-0.3, -0.25) is 4.79 Å². The van der Waals surface area contributed by atoms with E-state index in [1.165, 1.54) is 0 Å². The molecular formula is C11H21NO. The van der Waals surface area contributed by atoms with Crippen LogP contribution in [0.4, 0.5) is 0 Å². The van der Waals surface area contributed by atoms with Gasteiger partial charge < -0.3 is 5.73 Å². The molecule has 0 amide bonds. The SMILES string of the molecule is CCC(CC)C(=O)C(C)(N)C1CC1. The minimum atomic E-state index is -0.545. The first kappa shape index (κ1) is 10.7. The number of carbonyl (C=O) groups excluding carboxylic acids is 1. The molecule has 1 rings (SSSR count). The maximum Gasteiger partial charge on any atom is 0.155 e. The van der Waals surface area contributed by atoms with E-state index in [1.54, 1.807) is 0 Å². The summed E-state index contributed by atoms with van der Waals surface area (Å²) in [6, 6.07) is 0. The predicted molar refractivity (Wildman–Crippen MR) is 54.4 cm³/mol. The largest absolute Gasteiger partial charge is 0.319 e. The van der Waals surface area contributed by atoms with E-state index in [9.17, 15) is 4.79 Å². The second kappa shape index (κ2) is 3.79. The van der Waals surface area contributed by atoms with Gasteiger partial charge in [-0.05, 0) is 38.5 Å². The van der Waals surface area contributed by atoms with Crippen LogP contribution in [-0.4, -0.2) is 11.3 Å². The highest BCUT2D eigenvalue weighted by molar-refractivity contribution is 5.90.